The van der Waals surface area contributed by atoms with Gasteiger partial charge in [0.15, 0.2) is 6.04 Å². The molecule has 0 fully saturated rings. The van der Waals surface area contributed by atoms with Crippen LogP contribution in [0.25, 0.3) is 10.8 Å². The Bertz CT molecular complexity index is 1280. The number of hydrogen-bond donors (Lipinski definition) is 0. The van der Waals surface area contributed by atoms with E-state index in [0.29, 0.717) is 16.8 Å². The molecule has 0 N–H and O–H groups in total. The zero-order valence-electron chi connectivity index (χ0n) is 16.3. The second-order valence-corrected chi connectivity index (χ2v) is 7.75. The first kappa shape index (κ1) is 22.3. The number of carbonyl (C=O) groups excluding carboxylic acids is 1. The summed E-state index contributed by atoms with van der Waals surface area (Å²) in [5, 5.41) is 14.3. The van der Waals surface area contributed by atoms with Crippen molar-refractivity contribution in [3.63, 3.8) is 0 Å². The molecular formula is C20H15N4NaO4S. The summed E-state index contributed by atoms with van der Waals surface area (Å²) in [7, 11) is -4.82. The Kier molecular flexibility index (Phi) is 6.49. The standard InChI is InChI=1S/C20H16N4O4S.Na/c1-13-18(20(25)24(23-13)15-8-3-2-4-9-15)22-21-17-12-11-14-7-5-6-10-16(14)19(17)29(26,27)28;/h2-12,18H,1H3,(H,26,27,28);/q;+1/p-1. The van der Waals surface area contributed by atoms with Gasteiger partial charge in [-0.3, -0.25) is 4.79 Å². The van der Waals surface area contributed by atoms with Gasteiger partial charge in [-0.2, -0.15) is 20.3 Å². The Balaban J connectivity index is 0.00000256. The van der Waals surface area contributed by atoms with E-state index < -0.39 is 27.0 Å². The number of nitrogens with zero attached hydrogens (tertiary/aromatic N) is 4. The third-order valence-corrected chi connectivity index (χ3v) is 5.42. The first-order valence-corrected chi connectivity index (χ1v) is 10.1. The van der Waals surface area contributed by atoms with E-state index in [-0.39, 0.29) is 40.6 Å². The van der Waals surface area contributed by atoms with Gasteiger partial charge in [0.1, 0.15) is 15.8 Å². The number of rotatable bonds is 4. The average molecular weight is 430 g/mol. The summed E-state index contributed by atoms with van der Waals surface area (Å²) in [6, 6.07) is 17.5. The molecule has 0 spiro atoms. The van der Waals surface area contributed by atoms with E-state index in [2.05, 4.69) is 15.3 Å². The monoisotopic (exact) mass is 430 g/mol. The van der Waals surface area contributed by atoms with Crippen molar-refractivity contribution in [1.29, 1.82) is 0 Å². The smallest absolute Gasteiger partial charge is 0.744 e. The van der Waals surface area contributed by atoms with Crippen molar-refractivity contribution in [2.45, 2.75) is 17.9 Å². The van der Waals surface area contributed by atoms with Crippen LogP contribution in [0.15, 0.2) is 87.0 Å². The molecule has 0 aromatic heterocycles. The molecule has 4 rings (SSSR count). The fraction of sp³-hybridized carbons (Fsp3) is 0.100. The predicted octanol–water partition coefficient (Wildman–Crippen LogP) is 0.623. The maximum atomic E-state index is 12.7. The van der Waals surface area contributed by atoms with E-state index in [1.54, 1.807) is 55.5 Å². The maximum Gasteiger partial charge on any atom is 1.00 e. The molecule has 1 aliphatic heterocycles. The molecule has 30 heavy (non-hydrogen) atoms. The normalized spacial score (nSPS) is 16.7. The van der Waals surface area contributed by atoms with E-state index in [1.165, 1.54) is 17.1 Å². The number of para-hydroxylation sites is 1. The molecule has 146 valence electrons. The van der Waals surface area contributed by atoms with Crippen molar-refractivity contribution >= 4 is 43.9 Å². The van der Waals surface area contributed by atoms with Gasteiger partial charge in [-0.25, -0.2) is 8.42 Å². The van der Waals surface area contributed by atoms with Gasteiger partial charge < -0.3 is 4.55 Å². The molecule has 1 amide bonds. The molecule has 0 bridgehead atoms. The maximum absolute atomic E-state index is 12.7. The van der Waals surface area contributed by atoms with Gasteiger partial charge >= 0.3 is 29.6 Å². The number of hydrogen-bond acceptors (Lipinski definition) is 7. The van der Waals surface area contributed by atoms with Gasteiger partial charge in [0.2, 0.25) is 0 Å². The number of fused-ring (bicyclic) bond motifs is 1. The minimum absolute atomic E-state index is 0. The number of hydrazone groups is 1. The molecule has 1 heterocycles. The summed E-state index contributed by atoms with van der Waals surface area (Å²) < 4.78 is 35.6. The summed E-state index contributed by atoms with van der Waals surface area (Å²) in [5.74, 6) is -0.412. The molecule has 3 aromatic carbocycles. The second kappa shape index (κ2) is 8.75. The molecule has 8 nitrogen and oxygen atoms in total. The molecular weight excluding hydrogens is 415 g/mol. The summed E-state index contributed by atoms with van der Waals surface area (Å²) in [5.41, 5.74) is 0.885. The summed E-state index contributed by atoms with van der Waals surface area (Å²) in [4.78, 5) is 12.3. The van der Waals surface area contributed by atoms with Crippen molar-refractivity contribution in [2.75, 3.05) is 5.01 Å². The predicted molar refractivity (Wildman–Crippen MR) is 107 cm³/mol. The minimum Gasteiger partial charge on any atom is -0.744 e. The zero-order valence-corrected chi connectivity index (χ0v) is 19.1. The number of azo groups is 1. The van der Waals surface area contributed by atoms with Gasteiger partial charge in [-0.15, -0.1) is 0 Å². The van der Waals surface area contributed by atoms with Crippen LogP contribution >= 0.6 is 0 Å². The molecule has 1 atom stereocenters. The van der Waals surface area contributed by atoms with Crippen LogP contribution in [0.3, 0.4) is 0 Å². The SMILES string of the molecule is CC1=NN(c2ccccc2)C(=O)C1N=Nc1ccc2ccccc2c1S(=O)(=O)[O-].[Na+]. The number of amides is 1. The van der Waals surface area contributed by atoms with Crippen molar-refractivity contribution in [2.24, 2.45) is 15.3 Å². The van der Waals surface area contributed by atoms with Gasteiger partial charge in [0, 0.05) is 5.39 Å². The summed E-state index contributed by atoms with van der Waals surface area (Å²) in [6.07, 6.45) is 0. The van der Waals surface area contributed by atoms with E-state index in [1.807, 2.05) is 6.07 Å². The van der Waals surface area contributed by atoms with Gasteiger partial charge in [-0.05, 0) is 30.5 Å². The third-order valence-electron chi connectivity index (χ3n) is 4.49. The Morgan fingerprint density at radius 1 is 1.00 bits per heavy atom. The Morgan fingerprint density at radius 2 is 1.67 bits per heavy atom. The first-order valence-electron chi connectivity index (χ1n) is 8.69. The molecule has 0 saturated heterocycles. The van der Waals surface area contributed by atoms with Crippen LogP contribution < -0.4 is 34.6 Å². The van der Waals surface area contributed by atoms with Gasteiger partial charge in [0.05, 0.1) is 16.3 Å². The quantitative estimate of drug-likeness (QED) is 0.343. The van der Waals surface area contributed by atoms with Crippen LogP contribution in [0.1, 0.15) is 6.92 Å². The topological polar surface area (TPSA) is 115 Å². The third kappa shape index (κ3) is 4.21. The fourth-order valence-corrected chi connectivity index (χ4v) is 3.96. The van der Waals surface area contributed by atoms with Crippen molar-refractivity contribution in [3.8, 4) is 0 Å². The second-order valence-electron chi connectivity index (χ2n) is 6.43. The van der Waals surface area contributed by atoms with Crippen LogP contribution in [-0.2, 0) is 14.9 Å². The van der Waals surface area contributed by atoms with Gasteiger partial charge in [-0.1, -0.05) is 48.5 Å². The fourth-order valence-electron chi connectivity index (χ4n) is 3.14. The molecule has 0 radical (unpaired) electrons. The Hall–Kier alpha value is -2.43. The van der Waals surface area contributed by atoms with Crippen LogP contribution in [0.5, 0.6) is 0 Å². The Labute approximate surface area is 195 Å². The molecule has 0 aliphatic carbocycles. The average Bonchev–Trinajstić information content (AvgIpc) is 2.99. The van der Waals surface area contributed by atoms with E-state index in [4.69, 9.17) is 0 Å². The Morgan fingerprint density at radius 3 is 2.37 bits per heavy atom. The first-order chi connectivity index (χ1) is 13.9. The molecule has 3 aromatic rings. The molecule has 1 aliphatic rings. The van der Waals surface area contributed by atoms with Crippen LogP contribution in [-0.4, -0.2) is 30.6 Å². The largest absolute Gasteiger partial charge is 1.00 e. The number of benzene rings is 3. The van der Waals surface area contributed by atoms with E-state index in [9.17, 15) is 17.8 Å². The van der Waals surface area contributed by atoms with E-state index >= 15 is 0 Å². The van der Waals surface area contributed by atoms with Gasteiger partial charge in [0.25, 0.3) is 5.91 Å². The minimum atomic E-state index is -4.82. The zero-order chi connectivity index (χ0) is 20.6. The molecule has 1 unspecified atom stereocenters. The number of carbonyl (C=O) groups is 1. The molecule has 10 heteroatoms. The summed E-state index contributed by atoms with van der Waals surface area (Å²) >= 11 is 0. The van der Waals surface area contributed by atoms with Crippen LogP contribution in [0, 0.1) is 0 Å². The van der Waals surface area contributed by atoms with Crippen molar-refractivity contribution < 1.29 is 47.3 Å². The summed E-state index contributed by atoms with van der Waals surface area (Å²) in [6.45, 7) is 1.64. The van der Waals surface area contributed by atoms with Crippen molar-refractivity contribution in [3.05, 3.63) is 66.7 Å². The molecule has 0 saturated carbocycles. The van der Waals surface area contributed by atoms with Crippen molar-refractivity contribution in [1.82, 2.24) is 0 Å². The number of anilines is 1. The van der Waals surface area contributed by atoms with E-state index in [0.717, 1.165) is 0 Å². The van der Waals surface area contributed by atoms with Crippen LogP contribution in [0.2, 0.25) is 0 Å². The van der Waals surface area contributed by atoms with Crippen LogP contribution in [0.4, 0.5) is 11.4 Å².